The lowest BCUT2D eigenvalue weighted by atomic mass is 10.1. The number of hydrogen-bond acceptors (Lipinski definition) is 4. The molecule has 0 spiro atoms. The van der Waals surface area contributed by atoms with Crippen molar-refractivity contribution in [1.29, 1.82) is 0 Å². The molecule has 0 saturated carbocycles. The van der Waals surface area contributed by atoms with Crippen LogP contribution in [0.4, 0.5) is 0 Å². The van der Waals surface area contributed by atoms with E-state index in [2.05, 4.69) is 4.37 Å². The third kappa shape index (κ3) is 2.23. The molecular weight excluding hydrogens is 324 g/mol. The van der Waals surface area contributed by atoms with Crippen LogP contribution < -0.4 is 15.7 Å². The molecule has 0 radical (unpaired) electrons. The van der Waals surface area contributed by atoms with E-state index in [1.165, 1.54) is 11.5 Å². The maximum Gasteiger partial charge on any atom is 0.271 e. The molecule has 24 heavy (non-hydrogen) atoms. The van der Waals surface area contributed by atoms with Crippen LogP contribution in [0.15, 0.2) is 58.1 Å². The van der Waals surface area contributed by atoms with E-state index in [4.69, 9.17) is 4.74 Å². The highest BCUT2D eigenvalue weighted by Gasteiger charge is 2.15. The Morgan fingerprint density at radius 1 is 1.08 bits per heavy atom. The molecule has 0 unspecified atom stereocenters. The Morgan fingerprint density at radius 2 is 1.88 bits per heavy atom. The van der Waals surface area contributed by atoms with Gasteiger partial charge in [-0.05, 0) is 42.7 Å². The first-order valence-electron chi connectivity index (χ1n) is 7.59. The largest absolute Gasteiger partial charge is 0.457 e. The van der Waals surface area contributed by atoms with E-state index < -0.39 is 0 Å². The zero-order valence-electron chi connectivity index (χ0n) is 12.9. The van der Waals surface area contributed by atoms with Crippen molar-refractivity contribution in [1.82, 2.24) is 8.94 Å². The van der Waals surface area contributed by atoms with E-state index in [0.29, 0.717) is 22.5 Å². The van der Waals surface area contributed by atoms with Crippen molar-refractivity contribution in [2.45, 2.75) is 13.5 Å². The summed E-state index contributed by atoms with van der Waals surface area (Å²) in [6, 6.07) is 14.8. The number of aromatic nitrogens is 2. The molecule has 0 saturated heterocycles. The summed E-state index contributed by atoms with van der Waals surface area (Å²) in [5.41, 5.74) is 0.200. The topological polar surface area (TPSA) is 64.1 Å². The maximum absolute atomic E-state index is 12.6. The molecular formula is C18H14N2O3S. The number of para-hydroxylation sites is 1. The smallest absolute Gasteiger partial charge is 0.271 e. The number of H-pyrrole nitrogens is 1. The summed E-state index contributed by atoms with van der Waals surface area (Å²) in [4.78, 5) is 25.2. The Bertz CT molecular complexity index is 1160. The summed E-state index contributed by atoms with van der Waals surface area (Å²) in [7, 11) is 0. The van der Waals surface area contributed by atoms with E-state index in [-0.39, 0.29) is 16.4 Å². The normalized spacial score (nSPS) is 11.2. The average molecular weight is 338 g/mol. The van der Waals surface area contributed by atoms with Crippen LogP contribution in [0.2, 0.25) is 0 Å². The number of pyridine rings is 1. The Kier molecular flexibility index (Phi) is 3.46. The SMILES string of the molecule is CCn1c2cc(Oc3ccccc3)ccc2c(=O)c2c(=O)[nH]sc21. The van der Waals surface area contributed by atoms with Gasteiger partial charge in [0.2, 0.25) is 5.43 Å². The van der Waals surface area contributed by atoms with Gasteiger partial charge in [-0.15, -0.1) is 0 Å². The third-order valence-electron chi connectivity index (χ3n) is 3.95. The molecule has 0 aliphatic rings. The minimum Gasteiger partial charge on any atom is -0.457 e. The van der Waals surface area contributed by atoms with Gasteiger partial charge in [-0.2, -0.15) is 0 Å². The molecule has 0 fully saturated rings. The van der Waals surface area contributed by atoms with Crippen LogP contribution >= 0.6 is 11.5 Å². The van der Waals surface area contributed by atoms with Crippen LogP contribution in [0.3, 0.4) is 0 Å². The zero-order valence-corrected chi connectivity index (χ0v) is 13.7. The van der Waals surface area contributed by atoms with Gasteiger partial charge in [0.1, 0.15) is 21.7 Å². The second-order valence-corrected chi connectivity index (χ2v) is 6.18. The number of fused-ring (bicyclic) bond motifs is 2. The van der Waals surface area contributed by atoms with Crippen LogP contribution in [-0.4, -0.2) is 8.94 Å². The van der Waals surface area contributed by atoms with Crippen molar-refractivity contribution in [2.75, 3.05) is 0 Å². The average Bonchev–Trinajstić information content (AvgIpc) is 2.98. The Balaban J connectivity index is 1.98. The molecule has 4 aromatic rings. The Morgan fingerprint density at radius 3 is 2.62 bits per heavy atom. The van der Waals surface area contributed by atoms with Crippen molar-refractivity contribution >= 4 is 32.7 Å². The number of benzene rings is 2. The quantitative estimate of drug-likeness (QED) is 0.619. The first kappa shape index (κ1) is 14.7. The maximum atomic E-state index is 12.6. The number of nitrogens with zero attached hydrogens (tertiary/aromatic N) is 1. The van der Waals surface area contributed by atoms with Crippen LogP contribution in [0.5, 0.6) is 11.5 Å². The first-order chi connectivity index (χ1) is 11.7. The van der Waals surface area contributed by atoms with Gasteiger partial charge in [0.15, 0.2) is 0 Å². The standard InChI is InChI=1S/C18H14N2O3S/c1-2-20-14-10-12(23-11-6-4-3-5-7-11)8-9-13(14)16(21)15-17(22)19-24-18(15)20/h3-10H,2H2,1H3,(H,19,22). The van der Waals surface area contributed by atoms with Crippen molar-refractivity contribution in [3.05, 3.63) is 69.1 Å². The predicted octanol–water partition coefficient (Wildman–Crippen LogP) is 3.72. The fourth-order valence-corrected chi connectivity index (χ4v) is 3.77. The van der Waals surface area contributed by atoms with Crippen molar-refractivity contribution < 1.29 is 4.74 Å². The highest BCUT2D eigenvalue weighted by atomic mass is 32.1. The molecule has 0 amide bonds. The molecule has 0 aliphatic heterocycles. The van der Waals surface area contributed by atoms with Crippen LogP contribution in [-0.2, 0) is 6.54 Å². The van der Waals surface area contributed by atoms with Gasteiger partial charge >= 0.3 is 0 Å². The molecule has 2 heterocycles. The Labute approximate surface area is 140 Å². The minimum absolute atomic E-state index is 0.228. The van der Waals surface area contributed by atoms with Gasteiger partial charge in [-0.25, -0.2) is 0 Å². The van der Waals surface area contributed by atoms with Crippen molar-refractivity contribution in [3.63, 3.8) is 0 Å². The van der Waals surface area contributed by atoms with Crippen LogP contribution in [0.1, 0.15) is 6.92 Å². The molecule has 0 atom stereocenters. The summed E-state index contributed by atoms with van der Waals surface area (Å²) in [6.45, 7) is 2.63. The zero-order chi connectivity index (χ0) is 16.7. The second kappa shape index (κ2) is 5.65. The fraction of sp³-hybridized carbons (Fsp3) is 0.111. The number of hydrogen-bond donors (Lipinski definition) is 1. The van der Waals surface area contributed by atoms with Crippen LogP contribution in [0, 0.1) is 0 Å². The predicted molar refractivity (Wildman–Crippen MR) is 96.4 cm³/mol. The lowest BCUT2D eigenvalue weighted by molar-refractivity contribution is 0.483. The van der Waals surface area contributed by atoms with E-state index in [0.717, 1.165) is 11.3 Å². The molecule has 0 aliphatic carbocycles. The summed E-state index contributed by atoms with van der Waals surface area (Å²) >= 11 is 1.19. The summed E-state index contributed by atoms with van der Waals surface area (Å²) in [5, 5.41) is 0.750. The number of aromatic amines is 1. The second-order valence-electron chi connectivity index (χ2n) is 5.38. The number of rotatable bonds is 3. The van der Waals surface area contributed by atoms with Gasteiger partial charge in [-0.1, -0.05) is 18.2 Å². The lowest BCUT2D eigenvalue weighted by Gasteiger charge is -2.12. The highest BCUT2D eigenvalue weighted by Crippen LogP contribution is 2.27. The molecule has 2 aromatic heterocycles. The van der Waals surface area contributed by atoms with E-state index >= 15 is 0 Å². The number of nitrogens with one attached hydrogen (secondary N) is 1. The van der Waals surface area contributed by atoms with Crippen molar-refractivity contribution in [2.24, 2.45) is 0 Å². The molecule has 0 bridgehead atoms. The van der Waals surface area contributed by atoms with Gasteiger partial charge in [0, 0.05) is 18.0 Å². The monoisotopic (exact) mass is 338 g/mol. The molecule has 5 nitrogen and oxygen atoms in total. The van der Waals surface area contributed by atoms with Gasteiger partial charge in [0.25, 0.3) is 5.56 Å². The summed E-state index contributed by atoms with van der Waals surface area (Å²) < 4.78 is 10.5. The van der Waals surface area contributed by atoms with E-state index in [9.17, 15) is 9.59 Å². The minimum atomic E-state index is -0.325. The summed E-state index contributed by atoms with van der Waals surface area (Å²) in [5.74, 6) is 1.38. The molecule has 2 aromatic carbocycles. The summed E-state index contributed by atoms with van der Waals surface area (Å²) in [6.07, 6.45) is 0. The highest BCUT2D eigenvalue weighted by molar-refractivity contribution is 7.12. The lowest BCUT2D eigenvalue weighted by Crippen LogP contribution is -2.15. The van der Waals surface area contributed by atoms with E-state index in [1.54, 1.807) is 12.1 Å². The molecule has 6 heteroatoms. The van der Waals surface area contributed by atoms with Gasteiger partial charge in [0.05, 0.1) is 5.52 Å². The number of ether oxygens (including phenoxy) is 1. The fourth-order valence-electron chi connectivity index (χ4n) is 2.86. The Hall–Kier alpha value is -2.86. The van der Waals surface area contributed by atoms with Gasteiger partial charge in [-0.3, -0.25) is 14.0 Å². The first-order valence-corrected chi connectivity index (χ1v) is 8.41. The van der Waals surface area contributed by atoms with Gasteiger partial charge < -0.3 is 9.30 Å². The van der Waals surface area contributed by atoms with Crippen LogP contribution in [0.25, 0.3) is 21.1 Å². The molecule has 4 rings (SSSR count). The van der Waals surface area contributed by atoms with E-state index in [1.807, 2.05) is 47.9 Å². The molecule has 120 valence electrons. The third-order valence-corrected chi connectivity index (χ3v) is 4.86. The molecule has 1 N–H and O–H groups in total. The van der Waals surface area contributed by atoms with Crippen molar-refractivity contribution in [3.8, 4) is 11.5 Å². The number of aryl methyl sites for hydroxylation is 1.